The van der Waals surface area contributed by atoms with Gasteiger partial charge in [0.25, 0.3) is 0 Å². The van der Waals surface area contributed by atoms with Crippen molar-refractivity contribution in [3.63, 3.8) is 0 Å². The summed E-state index contributed by atoms with van der Waals surface area (Å²) in [5, 5.41) is 2.58. The molecular formula is C19H22N4O2. The van der Waals surface area contributed by atoms with E-state index in [0.717, 1.165) is 25.3 Å². The number of anilines is 1. The molecule has 0 unspecified atom stereocenters. The van der Waals surface area contributed by atoms with Gasteiger partial charge in [0.05, 0.1) is 0 Å². The number of amides is 2. The Balaban J connectivity index is 1.50. The van der Waals surface area contributed by atoms with Crippen LogP contribution in [0.15, 0.2) is 48.5 Å². The maximum Gasteiger partial charge on any atom is 0.315 e. The Bertz CT molecular complexity index is 740. The van der Waals surface area contributed by atoms with Gasteiger partial charge >= 0.3 is 11.8 Å². The zero-order valence-corrected chi connectivity index (χ0v) is 14.3. The van der Waals surface area contributed by atoms with Gasteiger partial charge in [-0.3, -0.25) is 14.5 Å². The number of aryl methyl sites for hydroxylation is 1. The summed E-state index contributed by atoms with van der Waals surface area (Å²) in [7, 11) is 0. The number of pyridine rings is 1. The topological polar surface area (TPSA) is 65.5 Å². The first kappa shape index (κ1) is 17.1. The number of nitrogens with one attached hydrogen (secondary N) is 1. The zero-order chi connectivity index (χ0) is 17.6. The van der Waals surface area contributed by atoms with Crippen molar-refractivity contribution in [3.05, 3.63) is 59.8 Å². The summed E-state index contributed by atoms with van der Waals surface area (Å²) in [4.78, 5) is 32.5. The molecule has 0 radical (unpaired) electrons. The summed E-state index contributed by atoms with van der Waals surface area (Å²) in [5.74, 6) is -0.724. The molecule has 2 amide bonds. The van der Waals surface area contributed by atoms with Gasteiger partial charge in [-0.25, -0.2) is 4.98 Å². The van der Waals surface area contributed by atoms with Crippen molar-refractivity contribution >= 4 is 17.6 Å². The van der Waals surface area contributed by atoms with Crippen LogP contribution in [-0.4, -0.2) is 52.8 Å². The van der Waals surface area contributed by atoms with Gasteiger partial charge in [0, 0.05) is 38.4 Å². The Morgan fingerprint density at radius 2 is 1.72 bits per heavy atom. The molecule has 1 aliphatic heterocycles. The van der Waals surface area contributed by atoms with Crippen LogP contribution in [-0.2, 0) is 16.1 Å². The van der Waals surface area contributed by atoms with Gasteiger partial charge in [0.15, 0.2) is 0 Å². The highest BCUT2D eigenvalue weighted by atomic mass is 16.2. The minimum absolute atomic E-state index is 0.404. The fourth-order valence-corrected chi connectivity index (χ4v) is 2.88. The number of aromatic nitrogens is 1. The molecule has 1 fully saturated rings. The normalized spacial score (nSPS) is 15.0. The summed E-state index contributed by atoms with van der Waals surface area (Å²) >= 11 is 0. The van der Waals surface area contributed by atoms with E-state index < -0.39 is 11.8 Å². The van der Waals surface area contributed by atoms with Gasteiger partial charge in [-0.1, -0.05) is 36.4 Å². The molecule has 0 saturated carbocycles. The van der Waals surface area contributed by atoms with Crippen LogP contribution in [0.4, 0.5) is 5.82 Å². The Morgan fingerprint density at radius 3 is 2.40 bits per heavy atom. The summed E-state index contributed by atoms with van der Waals surface area (Å²) in [5.41, 5.74) is 2.05. The average molecular weight is 338 g/mol. The standard InChI is InChI=1S/C19H22N4O2/c1-15-6-5-9-17(20-15)21-18(24)19(25)23-12-10-22(11-13-23)14-16-7-3-2-4-8-16/h2-9H,10-14H2,1H3,(H,20,21,24). The van der Waals surface area contributed by atoms with Crippen LogP contribution in [0.1, 0.15) is 11.3 Å². The monoisotopic (exact) mass is 338 g/mol. The Labute approximate surface area is 147 Å². The van der Waals surface area contributed by atoms with Gasteiger partial charge in [0.2, 0.25) is 0 Å². The lowest BCUT2D eigenvalue weighted by atomic mass is 10.2. The van der Waals surface area contributed by atoms with E-state index in [4.69, 9.17) is 0 Å². The summed E-state index contributed by atoms with van der Waals surface area (Å²) < 4.78 is 0. The molecule has 0 aliphatic carbocycles. The zero-order valence-electron chi connectivity index (χ0n) is 14.3. The molecule has 0 atom stereocenters. The molecule has 3 rings (SSSR count). The average Bonchev–Trinajstić information content (AvgIpc) is 2.62. The first-order valence-corrected chi connectivity index (χ1v) is 8.42. The Morgan fingerprint density at radius 1 is 1.00 bits per heavy atom. The minimum atomic E-state index is -0.630. The molecule has 1 aromatic heterocycles. The van der Waals surface area contributed by atoms with E-state index in [0.29, 0.717) is 18.9 Å². The second-order valence-electron chi connectivity index (χ2n) is 6.17. The number of hydrogen-bond donors (Lipinski definition) is 1. The van der Waals surface area contributed by atoms with Crippen molar-refractivity contribution in [1.82, 2.24) is 14.8 Å². The van der Waals surface area contributed by atoms with Crippen LogP contribution in [0.2, 0.25) is 0 Å². The van der Waals surface area contributed by atoms with Gasteiger partial charge in [-0.05, 0) is 24.6 Å². The number of benzene rings is 1. The van der Waals surface area contributed by atoms with Crippen LogP contribution in [0.5, 0.6) is 0 Å². The fourth-order valence-electron chi connectivity index (χ4n) is 2.88. The summed E-state index contributed by atoms with van der Waals surface area (Å²) in [6, 6.07) is 15.6. The first-order valence-electron chi connectivity index (χ1n) is 8.42. The summed E-state index contributed by atoms with van der Waals surface area (Å²) in [6.45, 7) is 5.33. The van der Waals surface area contributed by atoms with Crippen LogP contribution < -0.4 is 5.32 Å². The van der Waals surface area contributed by atoms with E-state index >= 15 is 0 Å². The highest BCUT2D eigenvalue weighted by Crippen LogP contribution is 2.09. The molecule has 1 saturated heterocycles. The number of nitrogens with zero attached hydrogens (tertiary/aromatic N) is 3. The third kappa shape index (κ3) is 4.64. The molecule has 2 heterocycles. The van der Waals surface area contributed by atoms with Crippen molar-refractivity contribution in [2.24, 2.45) is 0 Å². The molecular weight excluding hydrogens is 316 g/mol. The Hall–Kier alpha value is -2.73. The first-order chi connectivity index (χ1) is 12.1. The number of hydrogen-bond acceptors (Lipinski definition) is 4. The predicted octanol–water partition coefficient (Wildman–Crippen LogP) is 1.67. The molecule has 2 aromatic rings. The van der Waals surface area contributed by atoms with Gasteiger partial charge in [0.1, 0.15) is 5.82 Å². The van der Waals surface area contributed by atoms with Crippen LogP contribution in [0.3, 0.4) is 0 Å². The van der Waals surface area contributed by atoms with Gasteiger partial charge < -0.3 is 10.2 Å². The van der Waals surface area contributed by atoms with E-state index in [2.05, 4.69) is 27.3 Å². The molecule has 0 spiro atoms. The van der Waals surface area contributed by atoms with Crippen molar-refractivity contribution in [2.75, 3.05) is 31.5 Å². The number of piperazine rings is 1. The van der Waals surface area contributed by atoms with Crippen molar-refractivity contribution in [1.29, 1.82) is 0 Å². The smallest absolute Gasteiger partial charge is 0.315 e. The number of rotatable bonds is 3. The molecule has 6 nitrogen and oxygen atoms in total. The fraction of sp³-hybridized carbons (Fsp3) is 0.316. The highest BCUT2D eigenvalue weighted by Gasteiger charge is 2.26. The predicted molar refractivity (Wildman–Crippen MR) is 95.9 cm³/mol. The Kier molecular flexibility index (Phi) is 5.40. The molecule has 0 bridgehead atoms. The lowest BCUT2D eigenvalue weighted by Gasteiger charge is -2.34. The summed E-state index contributed by atoms with van der Waals surface area (Å²) in [6.07, 6.45) is 0. The maximum absolute atomic E-state index is 12.3. The van der Waals surface area contributed by atoms with Crippen LogP contribution in [0.25, 0.3) is 0 Å². The molecule has 1 aromatic carbocycles. The molecule has 130 valence electrons. The quantitative estimate of drug-likeness (QED) is 0.865. The van der Waals surface area contributed by atoms with E-state index in [1.54, 1.807) is 17.0 Å². The van der Waals surface area contributed by atoms with Crippen LogP contribution >= 0.6 is 0 Å². The second kappa shape index (κ2) is 7.90. The van der Waals surface area contributed by atoms with E-state index in [-0.39, 0.29) is 0 Å². The minimum Gasteiger partial charge on any atom is -0.332 e. The lowest BCUT2D eigenvalue weighted by molar-refractivity contribution is -0.144. The lowest BCUT2D eigenvalue weighted by Crippen LogP contribution is -2.51. The largest absolute Gasteiger partial charge is 0.332 e. The van der Waals surface area contributed by atoms with E-state index in [1.165, 1.54) is 5.56 Å². The molecule has 1 N–H and O–H groups in total. The molecule has 6 heteroatoms. The van der Waals surface area contributed by atoms with Crippen molar-refractivity contribution in [3.8, 4) is 0 Å². The van der Waals surface area contributed by atoms with Gasteiger partial charge in [-0.2, -0.15) is 0 Å². The van der Waals surface area contributed by atoms with E-state index in [9.17, 15) is 9.59 Å². The molecule has 1 aliphatic rings. The maximum atomic E-state index is 12.3. The number of carbonyl (C=O) groups excluding carboxylic acids is 2. The molecule has 25 heavy (non-hydrogen) atoms. The van der Waals surface area contributed by atoms with Crippen molar-refractivity contribution < 1.29 is 9.59 Å². The SMILES string of the molecule is Cc1cccc(NC(=O)C(=O)N2CCN(Cc3ccccc3)CC2)n1. The highest BCUT2D eigenvalue weighted by molar-refractivity contribution is 6.39. The van der Waals surface area contributed by atoms with Crippen molar-refractivity contribution in [2.45, 2.75) is 13.5 Å². The third-order valence-corrected chi connectivity index (χ3v) is 4.23. The van der Waals surface area contributed by atoms with Crippen LogP contribution in [0, 0.1) is 6.92 Å². The number of carbonyl (C=O) groups is 2. The third-order valence-electron chi connectivity index (χ3n) is 4.23. The second-order valence-corrected chi connectivity index (χ2v) is 6.17. The van der Waals surface area contributed by atoms with Gasteiger partial charge in [-0.15, -0.1) is 0 Å². The van der Waals surface area contributed by atoms with E-state index in [1.807, 2.05) is 31.2 Å².